The zero-order valence-corrected chi connectivity index (χ0v) is 16.2. The summed E-state index contributed by atoms with van der Waals surface area (Å²) < 4.78 is 4.96. The number of methoxy groups -OCH3 is 1. The third kappa shape index (κ3) is 4.93. The molecule has 2 rings (SSSR count). The molecule has 0 radical (unpaired) electrons. The van der Waals surface area contributed by atoms with Crippen LogP contribution in [-0.4, -0.2) is 48.6 Å². The topological polar surface area (TPSA) is 144 Å². The number of rotatable bonds is 5. The molecular formula is C18H23N7O3. The zero-order valence-electron chi connectivity index (χ0n) is 16.2. The number of guanidine groups is 1. The van der Waals surface area contributed by atoms with E-state index in [1.807, 2.05) is 6.07 Å². The van der Waals surface area contributed by atoms with Crippen LogP contribution in [0.15, 0.2) is 29.5 Å². The molecule has 0 saturated carbocycles. The van der Waals surface area contributed by atoms with Crippen LogP contribution in [0.5, 0.6) is 6.01 Å². The Bertz CT molecular complexity index is 895. The van der Waals surface area contributed by atoms with Crippen LogP contribution in [0, 0.1) is 6.92 Å². The van der Waals surface area contributed by atoms with Gasteiger partial charge in [0.2, 0.25) is 5.96 Å². The first-order valence-electron chi connectivity index (χ1n) is 8.51. The Morgan fingerprint density at radius 3 is 2.46 bits per heavy atom. The van der Waals surface area contributed by atoms with Gasteiger partial charge in [-0.1, -0.05) is 0 Å². The lowest BCUT2D eigenvalue weighted by molar-refractivity contribution is 0.0963. The minimum Gasteiger partial charge on any atom is -0.467 e. The van der Waals surface area contributed by atoms with E-state index in [9.17, 15) is 9.59 Å². The molecule has 28 heavy (non-hydrogen) atoms. The van der Waals surface area contributed by atoms with Crippen molar-refractivity contribution in [2.24, 2.45) is 10.7 Å². The Kier molecular flexibility index (Phi) is 6.85. The number of hydrogen-bond donors (Lipinski definition) is 4. The second-order valence-corrected chi connectivity index (χ2v) is 5.71. The van der Waals surface area contributed by atoms with E-state index in [1.54, 1.807) is 32.3 Å². The lowest BCUT2D eigenvalue weighted by Gasteiger charge is -2.13. The number of hydrogen-bond acceptors (Lipinski definition) is 6. The maximum Gasteiger partial charge on any atom is 0.321 e. The van der Waals surface area contributed by atoms with Crippen LogP contribution in [-0.2, 0) is 0 Å². The van der Waals surface area contributed by atoms with E-state index in [2.05, 4.69) is 30.9 Å². The van der Waals surface area contributed by atoms with E-state index >= 15 is 0 Å². The first kappa shape index (κ1) is 20.6. The average molecular weight is 385 g/mol. The van der Waals surface area contributed by atoms with Crippen molar-refractivity contribution in [3.05, 3.63) is 35.7 Å². The van der Waals surface area contributed by atoms with E-state index in [1.165, 1.54) is 14.2 Å². The molecule has 0 aliphatic carbocycles. The SMILES string of the molecule is CCNC(=O)NC(N)=Nc1c(C)cc(-c2cnc(OC)nc2)cc1C(=O)NC. The molecule has 0 fully saturated rings. The Balaban J connectivity index is 2.48. The molecule has 0 bridgehead atoms. The Morgan fingerprint density at radius 1 is 1.21 bits per heavy atom. The number of aryl methyl sites for hydroxylation is 1. The molecule has 148 valence electrons. The van der Waals surface area contributed by atoms with Crippen LogP contribution in [0.2, 0.25) is 0 Å². The number of carbonyl (C=O) groups is 2. The molecule has 1 aromatic carbocycles. The molecule has 0 unspecified atom stereocenters. The lowest BCUT2D eigenvalue weighted by atomic mass is 9.99. The summed E-state index contributed by atoms with van der Waals surface area (Å²) >= 11 is 0. The van der Waals surface area contributed by atoms with Crippen LogP contribution < -0.4 is 26.4 Å². The quantitative estimate of drug-likeness (QED) is 0.448. The summed E-state index contributed by atoms with van der Waals surface area (Å²) in [5.41, 5.74) is 8.59. The molecular weight excluding hydrogens is 362 g/mol. The summed E-state index contributed by atoms with van der Waals surface area (Å²) in [6.45, 7) is 4.02. The molecule has 0 aliphatic rings. The highest BCUT2D eigenvalue weighted by Gasteiger charge is 2.16. The number of aromatic nitrogens is 2. The Hall–Kier alpha value is -3.69. The van der Waals surface area contributed by atoms with E-state index in [0.717, 1.165) is 5.56 Å². The van der Waals surface area contributed by atoms with Gasteiger partial charge in [-0.15, -0.1) is 0 Å². The molecule has 0 aliphatic heterocycles. The van der Waals surface area contributed by atoms with Crippen molar-refractivity contribution in [3.8, 4) is 17.1 Å². The van der Waals surface area contributed by atoms with Gasteiger partial charge in [-0.05, 0) is 37.1 Å². The van der Waals surface area contributed by atoms with E-state index in [4.69, 9.17) is 10.5 Å². The number of carbonyl (C=O) groups excluding carboxylic acids is 2. The fraction of sp³-hybridized carbons (Fsp3) is 0.278. The predicted molar refractivity (Wildman–Crippen MR) is 106 cm³/mol. The normalized spacial score (nSPS) is 10.9. The molecule has 2 aromatic rings. The molecule has 0 atom stereocenters. The summed E-state index contributed by atoms with van der Waals surface area (Å²) in [5, 5.41) is 7.54. The number of nitrogens with zero attached hydrogens (tertiary/aromatic N) is 3. The van der Waals surface area contributed by atoms with Gasteiger partial charge in [0.1, 0.15) is 0 Å². The van der Waals surface area contributed by atoms with Gasteiger partial charge in [-0.3, -0.25) is 10.1 Å². The van der Waals surface area contributed by atoms with Gasteiger partial charge < -0.3 is 21.1 Å². The van der Waals surface area contributed by atoms with Crippen LogP contribution in [0.4, 0.5) is 10.5 Å². The molecule has 1 heterocycles. The van der Waals surface area contributed by atoms with Gasteiger partial charge >= 0.3 is 12.0 Å². The summed E-state index contributed by atoms with van der Waals surface area (Å²) in [6, 6.07) is 3.26. The van der Waals surface area contributed by atoms with Crippen molar-refractivity contribution < 1.29 is 14.3 Å². The molecule has 10 nitrogen and oxygen atoms in total. The van der Waals surface area contributed by atoms with Crippen molar-refractivity contribution in [2.45, 2.75) is 13.8 Å². The lowest BCUT2D eigenvalue weighted by Crippen LogP contribution is -2.43. The van der Waals surface area contributed by atoms with Crippen molar-refractivity contribution in [3.63, 3.8) is 0 Å². The van der Waals surface area contributed by atoms with Gasteiger partial charge in [-0.25, -0.2) is 19.8 Å². The van der Waals surface area contributed by atoms with Gasteiger partial charge in [0.25, 0.3) is 5.91 Å². The van der Waals surface area contributed by atoms with Gasteiger partial charge in [-0.2, -0.15) is 0 Å². The smallest absolute Gasteiger partial charge is 0.321 e. The minimum atomic E-state index is -0.477. The third-order valence-electron chi connectivity index (χ3n) is 3.73. The maximum absolute atomic E-state index is 12.4. The fourth-order valence-corrected chi connectivity index (χ4v) is 2.44. The van der Waals surface area contributed by atoms with Crippen LogP contribution in [0.25, 0.3) is 11.1 Å². The number of benzene rings is 1. The standard InChI is InChI=1S/C18H23N7O3/c1-5-21-17(27)25-16(19)24-14-10(2)6-11(7-13(14)15(26)20-3)12-8-22-18(28-4)23-9-12/h6-9H,5H2,1-4H3,(H,20,26)(H4,19,21,24,25,27). The fourth-order valence-electron chi connectivity index (χ4n) is 2.44. The summed E-state index contributed by atoms with van der Waals surface area (Å²) in [5.74, 6) is -0.469. The molecule has 3 amide bonds. The summed E-state index contributed by atoms with van der Waals surface area (Å²) in [4.78, 5) is 36.4. The van der Waals surface area contributed by atoms with E-state index < -0.39 is 6.03 Å². The first-order chi connectivity index (χ1) is 13.4. The summed E-state index contributed by atoms with van der Waals surface area (Å²) in [7, 11) is 3.00. The number of nitrogens with two attached hydrogens (primary N) is 1. The van der Waals surface area contributed by atoms with E-state index in [0.29, 0.717) is 28.9 Å². The van der Waals surface area contributed by atoms with Crippen molar-refractivity contribution in [1.29, 1.82) is 0 Å². The largest absolute Gasteiger partial charge is 0.467 e. The summed E-state index contributed by atoms with van der Waals surface area (Å²) in [6.07, 6.45) is 3.20. The molecule has 5 N–H and O–H groups in total. The van der Waals surface area contributed by atoms with E-state index in [-0.39, 0.29) is 17.9 Å². The predicted octanol–water partition coefficient (Wildman–Crippen LogP) is 1.09. The second-order valence-electron chi connectivity index (χ2n) is 5.71. The molecule has 0 saturated heterocycles. The molecule has 10 heteroatoms. The third-order valence-corrected chi connectivity index (χ3v) is 3.73. The maximum atomic E-state index is 12.4. The number of amides is 3. The number of urea groups is 1. The van der Waals surface area contributed by atoms with Crippen molar-refractivity contribution in [1.82, 2.24) is 25.9 Å². The molecule has 1 aromatic heterocycles. The number of ether oxygens (including phenoxy) is 1. The second kappa shape index (κ2) is 9.31. The van der Waals surface area contributed by atoms with Crippen LogP contribution >= 0.6 is 0 Å². The highest BCUT2D eigenvalue weighted by molar-refractivity contribution is 6.03. The average Bonchev–Trinajstić information content (AvgIpc) is 2.68. The van der Waals surface area contributed by atoms with Crippen LogP contribution in [0.1, 0.15) is 22.8 Å². The number of nitrogens with one attached hydrogen (secondary N) is 3. The highest BCUT2D eigenvalue weighted by Crippen LogP contribution is 2.30. The highest BCUT2D eigenvalue weighted by atomic mass is 16.5. The molecule has 0 spiro atoms. The zero-order chi connectivity index (χ0) is 20.7. The van der Waals surface area contributed by atoms with Gasteiger partial charge in [0.05, 0.1) is 18.4 Å². The van der Waals surface area contributed by atoms with Crippen LogP contribution in [0.3, 0.4) is 0 Å². The Morgan fingerprint density at radius 2 is 1.89 bits per heavy atom. The van der Waals surface area contributed by atoms with Gasteiger partial charge in [0.15, 0.2) is 0 Å². The number of aliphatic imine (C=N–C) groups is 1. The Labute approximate surface area is 162 Å². The van der Waals surface area contributed by atoms with Crippen molar-refractivity contribution in [2.75, 3.05) is 20.7 Å². The van der Waals surface area contributed by atoms with Crippen molar-refractivity contribution >= 4 is 23.6 Å². The monoisotopic (exact) mass is 385 g/mol. The first-order valence-corrected chi connectivity index (χ1v) is 8.51. The van der Waals surface area contributed by atoms with Gasteiger partial charge in [0, 0.05) is 31.5 Å². The minimum absolute atomic E-state index is 0.125.